The summed E-state index contributed by atoms with van der Waals surface area (Å²) in [5, 5.41) is 19.2. The maximum absolute atomic E-state index is 13.5. The minimum Gasteiger partial charge on any atom is -0.507 e. The van der Waals surface area contributed by atoms with Crippen LogP contribution in [0.25, 0.3) is 16.3 Å². The molecule has 0 fully saturated rings. The van der Waals surface area contributed by atoms with Crippen LogP contribution >= 0.6 is 22.9 Å². The van der Waals surface area contributed by atoms with Gasteiger partial charge in [0, 0.05) is 23.0 Å². The summed E-state index contributed by atoms with van der Waals surface area (Å²) < 4.78 is 2.92. The molecule has 0 aliphatic rings. The Hall–Kier alpha value is -3.82. The number of halogens is 1. The van der Waals surface area contributed by atoms with Gasteiger partial charge in [-0.25, -0.2) is 4.99 Å². The lowest BCUT2D eigenvalue weighted by Crippen LogP contribution is -2.28. The monoisotopic (exact) mass is 448 g/mol. The van der Waals surface area contributed by atoms with Gasteiger partial charge < -0.3 is 5.11 Å². The Labute approximate surface area is 184 Å². The Morgan fingerprint density at radius 2 is 1.81 bits per heavy atom. The normalized spacial score (nSPS) is 11.8. The quantitative estimate of drug-likeness (QED) is 0.451. The van der Waals surface area contributed by atoms with Gasteiger partial charge in [-0.1, -0.05) is 41.1 Å². The topological polar surface area (TPSA) is 97.7 Å². The number of hydrogen-bond acceptors (Lipinski definition) is 7. The van der Waals surface area contributed by atoms with Crippen LogP contribution in [0.4, 0.5) is 5.69 Å². The van der Waals surface area contributed by atoms with Gasteiger partial charge in [0.05, 0.1) is 11.3 Å². The number of nitrogens with zero attached hydrogens (tertiary/aromatic N) is 6. The van der Waals surface area contributed by atoms with E-state index in [0.717, 1.165) is 0 Å². The van der Waals surface area contributed by atoms with Crippen LogP contribution in [0.5, 0.6) is 5.75 Å². The number of hydrogen-bond donors (Lipinski definition) is 1. The van der Waals surface area contributed by atoms with E-state index in [1.54, 1.807) is 36.7 Å². The molecule has 5 aromatic rings. The van der Waals surface area contributed by atoms with E-state index in [1.807, 2.05) is 30.3 Å². The maximum Gasteiger partial charge on any atom is 0.279 e. The maximum atomic E-state index is 13.5. The van der Waals surface area contributed by atoms with Crippen LogP contribution in [-0.2, 0) is 0 Å². The fourth-order valence-electron chi connectivity index (χ4n) is 3.05. The highest BCUT2D eigenvalue weighted by Crippen LogP contribution is 2.31. The number of rotatable bonds is 3. The number of carbonyl (C=O) groups excluding carboxylic acids is 1. The van der Waals surface area contributed by atoms with Crippen LogP contribution in [0.2, 0.25) is 5.02 Å². The zero-order chi connectivity index (χ0) is 21.4. The van der Waals surface area contributed by atoms with Crippen LogP contribution in [-0.4, -0.2) is 35.4 Å². The van der Waals surface area contributed by atoms with Gasteiger partial charge in [0.25, 0.3) is 5.91 Å². The summed E-state index contributed by atoms with van der Waals surface area (Å²) in [6.45, 7) is 0. The van der Waals surface area contributed by atoms with Crippen molar-refractivity contribution in [3.63, 3.8) is 0 Å². The highest BCUT2D eigenvalue weighted by molar-refractivity contribution is 7.14. The molecule has 0 amide bonds. The molecule has 0 bridgehead atoms. The number of phenolic OH excluding ortho intramolecular Hbond substituents is 1. The molecule has 0 saturated carbocycles. The van der Waals surface area contributed by atoms with Gasteiger partial charge in [0.1, 0.15) is 5.75 Å². The smallest absolute Gasteiger partial charge is 0.279 e. The summed E-state index contributed by atoms with van der Waals surface area (Å²) in [6, 6.07) is 17.1. The molecule has 1 N–H and O–H groups in total. The molecule has 10 heteroatoms. The van der Waals surface area contributed by atoms with Gasteiger partial charge in [0.15, 0.2) is 5.82 Å². The number of fused-ring (bicyclic) bond motifs is 1. The summed E-state index contributed by atoms with van der Waals surface area (Å²) in [5.74, 6) is -0.108. The summed E-state index contributed by atoms with van der Waals surface area (Å²) in [4.78, 5) is 22.9. The largest absolute Gasteiger partial charge is 0.507 e. The average Bonchev–Trinajstić information content (AvgIpc) is 3.35. The van der Waals surface area contributed by atoms with Crippen LogP contribution < -0.4 is 4.80 Å². The van der Waals surface area contributed by atoms with E-state index in [9.17, 15) is 9.90 Å². The first-order valence-electron chi connectivity index (χ1n) is 9.12. The molecule has 0 spiro atoms. The third-order valence-corrected chi connectivity index (χ3v) is 5.59. The molecule has 2 aromatic carbocycles. The van der Waals surface area contributed by atoms with Crippen molar-refractivity contribution in [1.82, 2.24) is 24.4 Å². The molecule has 0 aliphatic carbocycles. The Bertz CT molecular complexity index is 1470. The lowest BCUT2D eigenvalue weighted by atomic mass is 10.2. The number of benzene rings is 2. The van der Waals surface area contributed by atoms with Gasteiger partial charge in [-0.2, -0.15) is 9.20 Å². The fourth-order valence-corrected chi connectivity index (χ4v) is 4.13. The summed E-state index contributed by atoms with van der Waals surface area (Å²) in [7, 11) is 0. The predicted molar refractivity (Wildman–Crippen MR) is 117 cm³/mol. The molecule has 0 aliphatic heterocycles. The Balaban J connectivity index is 1.83. The minimum absolute atomic E-state index is 0.0330. The van der Waals surface area contributed by atoms with E-state index in [-0.39, 0.29) is 17.5 Å². The number of aromatic hydroxyl groups is 1. The molecule has 152 valence electrons. The molecule has 0 saturated heterocycles. The Kier molecular flexibility index (Phi) is 4.81. The van der Waals surface area contributed by atoms with Gasteiger partial charge in [-0.15, -0.1) is 10.2 Å². The van der Waals surface area contributed by atoms with Crippen molar-refractivity contribution in [1.29, 1.82) is 0 Å². The van der Waals surface area contributed by atoms with Crippen LogP contribution in [0.3, 0.4) is 0 Å². The average molecular weight is 449 g/mol. The zero-order valence-electron chi connectivity index (χ0n) is 15.8. The van der Waals surface area contributed by atoms with Gasteiger partial charge >= 0.3 is 0 Å². The van der Waals surface area contributed by atoms with Crippen LogP contribution in [0.15, 0.2) is 78.0 Å². The van der Waals surface area contributed by atoms with Gasteiger partial charge in [-0.3, -0.25) is 9.78 Å². The molecule has 8 nitrogen and oxygen atoms in total. The lowest BCUT2D eigenvalue weighted by Gasteiger charge is -2.07. The zero-order valence-corrected chi connectivity index (χ0v) is 17.3. The standard InChI is InChI=1S/C21H13ClN6O2S/c22-14-6-7-17(29)16(12-14)18-25-26-21-27(18)28(19(30)13-8-10-23-11-9-13)20(31-21)24-15-4-2-1-3-5-15/h1-12,29H. The highest BCUT2D eigenvalue weighted by atomic mass is 35.5. The van der Waals surface area contributed by atoms with Gasteiger partial charge in [0.2, 0.25) is 9.76 Å². The summed E-state index contributed by atoms with van der Waals surface area (Å²) >= 11 is 7.33. The second kappa shape index (κ2) is 7.78. The predicted octanol–water partition coefficient (Wildman–Crippen LogP) is 3.93. The molecular weight excluding hydrogens is 436 g/mol. The molecule has 0 unspecified atom stereocenters. The van der Waals surface area contributed by atoms with E-state index in [0.29, 0.717) is 31.6 Å². The van der Waals surface area contributed by atoms with Crippen molar-refractivity contribution >= 4 is 39.5 Å². The third-order valence-electron chi connectivity index (χ3n) is 4.48. The second-order valence-electron chi connectivity index (χ2n) is 6.46. The van der Waals surface area contributed by atoms with E-state index < -0.39 is 0 Å². The molecular formula is C21H13ClN6O2S. The molecule has 31 heavy (non-hydrogen) atoms. The van der Waals surface area contributed by atoms with E-state index in [4.69, 9.17) is 11.6 Å². The van der Waals surface area contributed by atoms with Crippen LogP contribution in [0.1, 0.15) is 10.4 Å². The molecule has 5 rings (SSSR count). The van der Waals surface area contributed by atoms with Crippen molar-refractivity contribution in [2.75, 3.05) is 0 Å². The molecule has 0 radical (unpaired) electrons. The Morgan fingerprint density at radius 1 is 1.03 bits per heavy atom. The number of phenols is 1. The van der Waals surface area contributed by atoms with E-state index >= 15 is 0 Å². The van der Waals surface area contributed by atoms with Crippen LogP contribution in [0, 0.1) is 0 Å². The third kappa shape index (κ3) is 3.49. The first kappa shape index (κ1) is 19.2. The lowest BCUT2D eigenvalue weighted by molar-refractivity contribution is 0.0936. The van der Waals surface area contributed by atoms with Gasteiger partial charge in [-0.05, 0) is 42.5 Å². The highest BCUT2D eigenvalue weighted by Gasteiger charge is 2.22. The molecule has 3 aromatic heterocycles. The SMILES string of the molecule is O=C(c1ccncc1)n1c(=Nc2ccccc2)sc2nnc(-c3cc(Cl)ccc3O)n21. The first-order chi connectivity index (χ1) is 15.1. The van der Waals surface area contributed by atoms with Crippen molar-refractivity contribution < 1.29 is 9.90 Å². The molecule has 0 atom stereocenters. The number of carbonyl (C=O) groups is 1. The number of aromatic nitrogens is 5. The van der Waals surface area contributed by atoms with Crippen molar-refractivity contribution in [3.8, 4) is 17.1 Å². The van der Waals surface area contributed by atoms with Crippen molar-refractivity contribution in [2.45, 2.75) is 0 Å². The van der Waals surface area contributed by atoms with Crippen molar-refractivity contribution in [3.05, 3.63) is 88.4 Å². The first-order valence-corrected chi connectivity index (χ1v) is 10.3. The molecule has 3 heterocycles. The number of pyridine rings is 1. The van der Waals surface area contributed by atoms with E-state index in [2.05, 4.69) is 20.2 Å². The summed E-state index contributed by atoms with van der Waals surface area (Å²) in [6.07, 6.45) is 3.09. The minimum atomic E-state index is -0.342. The fraction of sp³-hybridized carbons (Fsp3) is 0. The van der Waals surface area contributed by atoms with E-state index in [1.165, 1.54) is 26.6 Å². The number of para-hydroxylation sites is 1. The second-order valence-corrected chi connectivity index (χ2v) is 7.84. The van der Waals surface area contributed by atoms with Crippen molar-refractivity contribution in [2.24, 2.45) is 4.99 Å². The Morgan fingerprint density at radius 3 is 2.58 bits per heavy atom. The summed E-state index contributed by atoms with van der Waals surface area (Å²) in [5.41, 5.74) is 1.45.